The number of aromatic nitrogens is 2. The van der Waals surface area contributed by atoms with Crippen LogP contribution in [0.4, 0.5) is 10.2 Å². The van der Waals surface area contributed by atoms with E-state index in [1.165, 1.54) is 17.0 Å². The second-order valence-electron chi connectivity index (χ2n) is 8.84. The van der Waals surface area contributed by atoms with Crippen molar-refractivity contribution in [1.82, 2.24) is 14.5 Å². The molecule has 1 atom stereocenters. The van der Waals surface area contributed by atoms with E-state index in [1.807, 2.05) is 37.3 Å². The summed E-state index contributed by atoms with van der Waals surface area (Å²) in [5, 5.41) is 11.0. The van der Waals surface area contributed by atoms with Crippen molar-refractivity contribution in [3.8, 4) is 0 Å². The van der Waals surface area contributed by atoms with Gasteiger partial charge in [0.25, 0.3) is 5.56 Å². The van der Waals surface area contributed by atoms with Crippen LogP contribution < -0.4 is 10.5 Å². The molecule has 2 saturated heterocycles. The number of amides is 1. The molecule has 2 aliphatic heterocycles. The van der Waals surface area contributed by atoms with Gasteiger partial charge in [-0.3, -0.25) is 14.2 Å². The molecule has 0 unspecified atom stereocenters. The van der Waals surface area contributed by atoms with Gasteiger partial charge in [0.2, 0.25) is 5.91 Å². The van der Waals surface area contributed by atoms with E-state index in [0.29, 0.717) is 38.2 Å². The third-order valence-corrected chi connectivity index (χ3v) is 6.39. The van der Waals surface area contributed by atoms with Crippen molar-refractivity contribution in [3.05, 3.63) is 58.6 Å². The number of aliphatic hydroxyl groups is 1. The fourth-order valence-corrected chi connectivity index (χ4v) is 4.26. The number of benzene rings is 1. The molecule has 0 spiro atoms. The monoisotopic (exact) mass is 428 g/mol. The molecule has 7 nitrogen and oxygen atoms in total. The average molecular weight is 429 g/mol. The summed E-state index contributed by atoms with van der Waals surface area (Å²) in [7, 11) is 0. The maximum Gasteiger partial charge on any atom is 0.255 e. The highest BCUT2D eigenvalue weighted by molar-refractivity contribution is 5.77. The van der Waals surface area contributed by atoms with E-state index in [2.05, 4.69) is 4.98 Å². The molecule has 31 heavy (non-hydrogen) atoms. The van der Waals surface area contributed by atoms with E-state index in [0.717, 1.165) is 5.56 Å². The van der Waals surface area contributed by atoms with Gasteiger partial charge >= 0.3 is 0 Å². The van der Waals surface area contributed by atoms with Crippen LogP contribution in [0.3, 0.4) is 0 Å². The van der Waals surface area contributed by atoms with E-state index in [1.54, 1.807) is 9.80 Å². The van der Waals surface area contributed by atoms with Gasteiger partial charge in [0.1, 0.15) is 12.0 Å². The third-order valence-electron chi connectivity index (χ3n) is 6.39. The molecule has 1 amide bonds. The molecular weight excluding hydrogens is 399 g/mol. The topological polar surface area (TPSA) is 78.7 Å². The van der Waals surface area contributed by atoms with Gasteiger partial charge in [0, 0.05) is 25.6 Å². The second kappa shape index (κ2) is 8.78. The quantitative estimate of drug-likeness (QED) is 0.761. The summed E-state index contributed by atoms with van der Waals surface area (Å²) >= 11 is 0. The third kappa shape index (κ3) is 4.95. The highest BCUT2D eigenvalue weighted by Crippen LogP contribution is 2.26. The lowest BCUT2D eigenvalue weighted by molar-refractivity contribution is -0.136. The molecule has 0 aliphatic carbocycles. The van der Waals surface area contributed by atoms with E-state index >= 15 is 0 Å². The summed E-state index contributed by atoms with van der Waals surface area (Å²) in [4.78, 5) is 32.9. The fraction of sp³-hybridized carbons (Fsp3) is 0.522. The molecule has 1 aromatic heterocycles. The lowest BCUT2D eigenvalue weighted by Gasteiger charge is -2.39. The zero-order chi connectivity index (χ0) is 22.0. The Hall–Kier alpha value is -2.74. The molecule has 3 heterocycles. The number of halogens is 1. The molecule has 2 aliphatic rings. The van der Waals surface area contributed by atoms with E-state index in [9.17, 15) is 19.1 Å². The van der Waals surface area contributed by atoms with E-state index in [-0.39, 0.29) is 37.0 Å². The van der Waals surface area contributed by atoms with Crippen LogP contribution in [0.25, 0.3) is 0 Å². The minimum absolute atomic E-state index is 0.0855. The van der Waals surface area contributed by atoms with Gasteiger partial charge in [-0.1, -0.05) is 37.3 Å². The lowest BCUT2D eigenvalue weighted by Crippen LogP contribution is -2.50. The van der Waals surface area contributed by atoms with Gasteiger partial charge in [0.05, 0.1) is 31.6 Å². The molecule has 1 aromatic carbocycles. The summed E-state index contributed by atoms with van der Waals surface area (Å²) in [5.74, 6) is 0.689. The Morgan fingerprint density at radius 1 is 1.26 bits per heavy atom. The van der Waals surface area contributed by atoms with Crippen molar-refractivity contribution in [2.24, 2.45) is 0 Å². The first-order valence-electron chi connectivity index (χ1n) is 10.8. The maximum atomic E-state index is 13.0. The number of piperidine rings is 1. The Morgan fingerprint density at radius 3 is 2.55 bits per heavy atom. The van der Waals surface area contributed by atoms with Gasteiger partial charge in [-0.2, -0.15) is 0 Å². The predicted molar refractivity (Wildman–Crippen MR) is 116 cm³/mol. The number of likely N-dealkylation sites (tertiary alicyclic amines) is 1. The molecule has 2 fully saturated rings. The molecule has 8 heteroatoms. The molecule has 4 rings (SSSR count). The number of carbonyl (C=O) groups excluding carboxylic acids is 1. The van der Waals surface area contributed by atoms with Crippen LogP contribution in [0.2, 0.25) is 0 Å². The zero-order valence-electron chi connectivity index (χ0n) is 17.8. The lowest BCUT2D eigenvalue weighted by atomic mass is 9.90. The smallest absolute Gasteiger partial charge is 0.255 e. The minimum Gasteiger partial charge on any atom is -0.388 e. The number of rotatable bonds is 6. The summed E-state index contributed by atoms with van der Waals surface area (Å²) < 4.78 is 14.4. The largest absolute Gasteiger partial charge is 0.388 e. The van der Waals surface area contributed by atoms with Crippen LogP contribution in [0.5, 0.6) is 0 Å². The Morgan fingerprint density at radius 2 is 1.94 bits per heavy atom. The van der Waals surface area contributed by atoms with Gasteiger partial charge in [-0.25, -0.2) is 9.37 Å². The number of nitrogens with zero attached hydrogens (tertiary/aromatic N) is 4. The van der Waals surface area contributed by atoms with Crippen LogP contribution in [-0.4, -0.2) is 63.4 Å². The molecule has 0 bridgehead atoms. The number of alkyl halides is 1. The predicted octanol–water partition coefficient (Wildman–Crippen LogP) is 1.95. The second-order valence-corrected chi connectivity index (χ2v) is 8.84. The van der Waals surface area contributed by atoms with E-state index < -0.39 is 11.8 Å². The zero-order valence-corrected chi connectivity index (χ0v) is 17.8. The fourth-order valence-electron chi connectivity index (χ4n) is 4.26. The molecule has 0 radical (unpaired) electrons. The molecular formula is C23H29FN4O3. The van der Waals surface area contributed by atoms with Crippen molar-refractivity contribution >= 4 is 11.7 Å². The molecule has 166 valence electrons. The number of hydrogen-bond donors (Lipinski definition) is 1. The standard InChI is InChI=1S/C23H29FN4O3/c1-17(18-5-3-2-4-6-18)11-21(29)26-9-7-23(31,8-10-26)15-28-16-25-20(12-22(28)30)27-13-19(24)14-27/h2-6,12,16-17,19,31H,7-11,13-15H2,1H3/t17-/m1/s1. The van der Waals surface area contributed by atoms with Crippen molar-refractivity contribution in [1.29, 1.82) is 0 Å². The van der Waals surface area contributed by atoms with Gasteiger partial charge < -0.3 is 14.9 Å². The number of carbonyl (C=O) groups is 1. The van der Waals surface area contributed by atoms with Crippen LogP contribution >= 0.6 is 0 Å². The summed E-state index contributed by atoms with van der Waals surface area (Å²) in [6.07, 6.45) is 1.79. The summed E-state index contributed by atoms with van der Waals surface area (Å²) in [6, 6.07) is 11.4. The van der Waals surface area contributed by atoms with Crippen LogP contribution in [0, 0.1) is 0 Å². The molecule has 2 aromatic rings. The van der Waals surface area contributed by atoms with E-state index in [4.69, 9.17) is 0 Å². The minimum atomic E-state index is -1.06. The van der Waals surface area contributed by atoms with Gasteiger partial charge in [0.15, 0.2) is 0 Å². The maximum absolute atomic E-state index is 13.0. The first-order chi connectivity index (χ1) is 14.8. The van der Waals surface area contributed by atoms with Crippen molar-refractivity contribution < 1.29 is 14.3 Å². The van der Waals surface area contributed by atoms with Gasteiger partial charge in [-0.05, 0) is 24.3 Å². The first kappa shape index (κ1) is 21.5. The van der Waals surface area contributed by atoms with Crippen LogP contribution in [0.1, 0.15) is 37.7 Å². The Labute approximate surface area is 181 Å². The molecule has 0 saturated carbocycles. The highest BCUT2D eigenvalue weighted by atomic mass is 19.1. The number of anilines is 1. The van der Waals surface area contributed by atoms with Gasteiger partial charge in [-0.15, -0.1) is 0 Å². The Kier molecular flexibility index (Phi) is 6.09. The Balaban J connectivity index is 1.31. The van der Waals surface area contributed by atoms with Crippen LogP contribution in [-0.2, 0) is 11.3 Å². The molecule has 1 N–H and O–H groups in total. The average Bonchev–Trinajstić information content (AvgIpc) is 2.74. The van der Waals surface area contributed by atoms with Crippen molar-refractivity contribution in [2.45, 2.75) is 50.4 Å². The summed E-state index contributed by atoms with van der Waals surface area (Å²) in [6.45, 7) is 3.61. The van der Waals surface area contributed by atoms with Crippen LogP contribution in [0.15, 0.2) is 47.5 Å². The number of hydrogen-bond acceptors (Lipinski definition) is 5. The summed E-state index contributed by atoms with van der Waals surface area (Å²) in [5.41, 5.74) is -0.189. The van der Waals surface area contributed by atoms with Crippen molar-refractivity contribution in [2.75, 3.05) is 31.1 Å². The normalized spacial score (nSPS) is 19.7. The first-order valence-corrected chi connectivity index (χ1v) is 10.8. The SMILES string of the molecule is C[C@H](CC(=O)N1CCC(O)(Cn2cnc(N3CC(F)C3)cc2=O)CC1)c1ccccc1. The highest BCUT2D eigenvalue weighted by Gasteiger charge is 2.35. The Bertz CT molecular complexity index is 966. The van der Waals surface area contributed by atoms with Crippen molar-refractivity contribution in [3.63, 3.8) is 0 Å².